The minimum absolute atomic E-state index is 0.432. The van der Waals surface area contributed by atoms with Crippen molar-refractivity contribution in [1.82, 2.24) is 0 Å². The Kier molecular flexibility index (Phi) is 5.80. The van der Waals surface area contributed by atoms with Crippen LogP contribution in [-0.4, -0.2) is 32.0 Å². The van der Waals surface area contributed by atoms with Crippen molar-refractivity contribution in [2.75, 3.05) is 13.6 Å². The van der Waals surface area contributed by atoms with Crippen LogP contribution in [0.3, 0.4) is 0 Å². The van der Waals surface area contributed by atoms with Gasteiger partial charge in [-0.05, 0) is 31.1 Å². The van der Waals surface area contributed by atoms with Gasteiger partial charge in [0.25, 0.3) is 5.04 Å². The number of rotatable bonds is 0. The van der Waals surface area contributed by atoms with E-state index >= 15 is 0 Å². The summed E-state index contributed by atoms with van der Waals surface area (Å²) in [5.74, 6) is 0. The SMILES string of the molecule is C[N+]1=C(S(=O)O)CCCCC(C)(C)CCCC1. The van der Waals surface area contributed by atoms with Gasteiger partial charge in [0.2, 0.25) is 11.1 Å². The summed E-state index contributed by atoms with van der Waals surface area (Å²) in [4.78, 5) is 0. The van der Waals surface area contributed by atoms with E-state index in [1.165, 1.54) is 19.3 Å². The predicted octanol–water partition coefficient (Wildman–Crippen LogP) is 3.02. The average Bonchev–Trinajstić information content (AvgIpc) is 2.25. The summed E-state index contributed by atoms with van der Waals surface area (Å²) in [6, 6.07) is 0. The van der Waals surface area contributed by atoms with Crippen LogP contribution < -0.4 is 0 Å². The zero-order valence-electron chi connectivity index (χ0n) is 11.4. The van der Waals surface area contributed by atoms with Crippen LogP contribution in [0.15, 0.2) is 0 Å². The first kappa shape index (κ1) is 14.8. The molecule has 0 aromatic heterocycles. The van der Waals surface area contributed by atoms with E-state index in [2.05, 4.69) is 13.8 Å². The van der Waals surface area contributed by atoms with E-state index in [9.17, 15) is 8.76 Å². The molecule has 0 aromatic rings. The second-order valence-corrected chi connectivity index (χ2v) is 6.86. The molecule has 0 saturated carbocycles. The van der Waals surface area contributed by atoms with Gasteiger partial charge < -0.3 is 0 Å². The highest BCUT2D eigenvalue weighted by Crippen LogP contribution is 2.30. The zero-order chi connectivity index (χ0) is 12.9. The first-order valence-electron chi connectivity index (χ1n) is 6.60. The highest BCUT2D eigenvalue weighted by Gasteiger charge is 2.22. The van der Waals surface area contributed by atoms with Gasteiger partial charge >= 0.3 is 0 Å². The lowest BCUT2D eigenvalue weighted by Gasteiger charge is -2.23. The van der Waals surface area contributed by atoms with Crippen LogP contribution in [-0.2, 0) is 11.1 Å². The summed E-state index contributed by atoms with van der Waals surface area (Å²) in [5, 5.41) is 0.699. The summed E-state index contributed by atoms with van der Waals surface area (Å²) in [6.45, 7) is 5.57. The molecule has 0 spiro atoms. The van der Waals surface area contributed by atoms with Gasteiger partial charge in [0, 0.05) is 12.8 Å². The Morgan fingerprint density at radius 3 is 2.35 bits per heavy atom. The van der Waals surface area contributed by atoms with Crippen molar-refractivity contribution >= 4 is 16.1 Å². The Bertz CT molecular complexity index is 311. The van der Waals surface area contributed by atoms with Gasteiger partial charge in [0.05, 0.1) is 0 Å². The molecule has 0 amide bonds. The van der Waals surface area contributed by atoms with Crippen LogP contribution >= 0.6 is 0 Å². The van der Waals surface area contributed by atoms with Gasteiger partial charge in [-0.2, -0.15) is 0 Å². The topological polar surface area (TPSA) is 40.3 Å². The van der Waals surface area contributed by atoms with Gasteiger partial charge in [-0.1, -0.05) is 20.3 Å². The second kappa shape index (κ2) is 6.64. The van der Waals surface area contributed by atoms with Crippen LogP contribution in [0.1, 0.15) is 58.8 Å². The maximum absolute atomic E-state index is 11.3. The van der Waals surface area contributed by atoms with E-state index in [-0.39, 0.29) is 0 Å². The molecule has 1 aliphatic rings. The van der Waals surface area contributed by atoms with Gasteiger partial charge in [0.1, 0.15) is 13.6 Å². The molecule has 1 rings (SSSR count). The van der Waals surface area contributed by atoms with Crippen molar-refractivity contribution in [2.24, 2.45) is 5.41 Å². The first-order valence-corrected chi connectivity index (χ1v) is 7.71. The van der Waals surface area contributed by atoms with E-state index in [0.29, 0.717) is 10.5 Å². The Balaban J connectivity index is 2.69. The molecular weight excluding hydrogens is 234 g/mol. The van der Waals surface area contributed by atoms with Crippen molar-refractivity contribution in [2.45, 2.75) is 58.8 Å². The largest absolute Gasteiger partial charge is 0.298 e. The molecule has 1 atom stereocenters. The van der Waals surface area contributed by atoms with Gasteiger partial charge in [-0.15, -0.1) is 0 Å². The molecule has 1 unspecified atom stereocenters. The smallest absolute Gasteiger partial charge is 0.267 e. The molecule has 0 saturated heterocycles. The number of hydrogen-bond donors (Lipinski definition) is 1. The van der Waals surface area contributed by atoms with Crippen molar-refractivity contribution in [3.8, 4) is 0 Å². The standard InChI is InChI=1S/C13H25NO2S/c1-13(2)9-5-4-8-12(17(15)16)14(3)11-7-6-10-13/h4-11H2,1-3H3/p+1. The van der Waals surface area contributed by atoms with Gasteiger partial charge in [-0.3, -0.25) is 4.55 Å². The fourth-order valence-corrected chi connectivity index (χ4v) is 3.17. The van der Waals surface area contributed by atoms with Crippen molar-refractivity contribution in [1.29, 1.82) is 0 Å². The van der Waals surface area contributed by atoms with Gasteiger partial charge in [-0.25, -0.2) is 8.78 Å². The monoisotopic (exact) mass is 260 g/mol. The lowest BCUT2D eigenvalue weighted by atomic mass is 9.82. The van der Waals surface area contributed by atoms with Crippen LogP contribution in [0.25, 0.3) is 0 Å². The molecule has 1 aliphatic heterocycles. The minimum atomic E-state index is -1.80. The van der Waals surface area contributed by atoms with Crippen LogP contribution in [0.4, 0.5) is 0 Å². The Hall–Kier alpha value is -0.220. The average molecular weight is 260 g/mol. The molecule has 1 N–H and O–H groups in total. The molecule has 0 radical (unpaired) electrons. The first-order chi connectivity index (χ1) is 7.92. The van der Waals surface area contributed by atoms with Gasteiger partial charge in [0.15, 0.2) is 0 Å². The fourth-order valence-electron chi connectivity index (χ4n) is 2.49. The molecule has 3 nitrogen and oxygen atoms in total. The zero-order valence-corrected chi connectivity index (χ0v) is 12.2. The molecule has 0 aliphatic carbocycles. The third-order valence-corrected chi connectivity index (χ3v) is 4.64. The summed E-state index contributed by atoms with van der Waals surface area (Å²) in [5.41, 5.74) is 0.432. The summed E-state index contributed by atoms with van der Waals surface area (Å²) in [7, 11) is 1.94. The fraction of sp³-hybridized carbons (Fsp3) is 0.923. The second-order valence-electron chi connectivity index (χ2n) is 5.89. The Labute approximate surface area is 108 Å². The third kappa shape index (κ3) is 5.30. The van der Waals surface area contributed by atoms with E-state index in [4.69, 9.17) is 0 Å². The summed E-state index contributed by atoms with van der Waals surface area (Å²) in [6.07, 6.45) is 7.75. The molecule has 1 heterocycles. The minimum Gasteiger partial charge on any atom is -0.298 e. The summed E-state index contributed by atoms with van der Waals surface area (Å²) < 4.78 is 22.5. The highest BCUT2D eigenvalue weighted by molar-refractivity contribution is 7.95. The van der Waals surface area contributed by atoms with E-state index in [1.807, 2.05) is 11.6 Å². The van der Waals surface area contributed by atoms with Crippen LogP contribution in [0, 0.1) is 5.41 Å². The number of hydrogen-bond acceptors (Lipinski definition) is 1. The van der Waals surface area contributed by atoms with E-state index < -0.39 is 11.1 Å². The third-order valence-electron chi connectivity index (χ3n) is 3.72. The Morgan fingerprint density at radius 2 is 1.76 bits per heavy atom. The summed E-state index contributed by atoms with van der Waals surface area (Å²) >= 11 is -1.80. The van der Waals surface area contributed by atoms with Crippen molar-refractivity contribution < 1.29 is 13.3 Å². The molecule has 0 bridgehead atoms. The molecule has 0 fully saturated rings. The maximum atomic E-state index is 11.3. The molecule has 17 heavy (non-hydrogen) atoms. The molecule has 100 valence electrons. The maximum Gasteiger partial charge on any atom is 0.267 e. The molecule has 4 heteroatoms. The normalized spacial score (nSPS) is 25.2. The molecular formula is C13H26NO2S+. The molecule has 0 aromatic carbocycles. The van der Waals surface area contributed by atoms with E-state index in [0.717, 1.165) is 32.2 Å². The quantitative estimate of drug-likeness (QED) is 0.537. The number of nitrogens with zero attached hydrogens (tertiary/aromatic N) is 1. The lowest BCUT2D eigenvalue weighted by Crippen LogP contribution is -2.22. The van der Waals surface area contributed by atoms with Crippen LogP contribution in [0.5, 0.6) is 0 Å². The van der Waals surface area contributed by atoms with Crippen molar-refractivity contribution in [3.63, 3.8) is 0 Å². The lowest BCUT2D eigenvalue weighted by molar-refractivity contribution is -0.496. The predicted molar refractivity (Wildman–Crippen MR) is 72.9 cm³/mol. The highest BCUT2D eigenvalue weighted by atomic mass is 32.2. The van der Waals surface area contributed by atoms with Crippen molar-refractivity contribution in [3.05, 3.63) is 0 Å². The van der Waals surface area contributed by atoms with Crippen LogP contribution in [0.2, 0.25) is 0 Å². The Morgan fingerprint density at radius 1 is 1.18 bits per heavy atom. The van der Waals surface area contributed by atoms with E-state index in [1.54, 1.807) is 0 Å².